The Morgan fingerprint density at radius 3 is 2.06 bits per heavy atom. The maximum Gasteiger partial charge on any atom is 0.239 e. The number of carbonyl (C=O) groups is 1. The fraction of sp³-hybridized carbons (Fsp3) is 0.480. The zero-order chi connectivity index (χ0) is 21.6. The first-order valence-corrected chi connectivity index (χ1v) is 11.2. The van der Waals surface area contributed by atoms with Crippen LogP contribution in [-0.2, 0) is 9.53 Å². The molecule has 6 nitrogen and oxygen atoms in total. The van der Waals surface area contributed by atoms with Crippen molar-refractivity contribution in [2.45, 2.75) is 19.0 Å². The molecule has 2 aromatic carbocycles. The molecule has 0 spiro atoms. The number of methoxy groups -OCH3 is 1. The van der Waals surface area contributed by atoms with Crippen LogP contribution in [0.3, 0.4) is 0 Å². The minimum absolute atomic E-state index is 0.0815. The van der Waals surface area contributed by atoms with E-state index in [-0.39, 0.29) is 18.0 Å². The predicted octanol–water partition coefficient (Wildman–Crippen LogP) is 2.65. The van der Waals surface area contributed by atoms with Crippen molar-refractivity contribution in [3.05, 3.63) is 65.7 Å². The van der Waals surface area contributed by atoms with Gasteiger partial charge in [-0.15, -0.1) is 0 Å². The summed E-state index contributed by atoms with van der Waals surface area (Å²) in [4.78, 5) is 19.9. The zero-order valence-electron chi connectivity index (χ0n) is 18.6. The highest BCUT2D eigenvalue weighted by Crippen LogP contribution is 2.30. The highest BCUT2D eigenvalue weighted by atomic mass is 16.5. The summed E-state index contributed by atoms with van der Waals surface area (Å²) in [6.45, 7) is 8.35. The lowest BCUT2D eigenvalue weighted by Crippen LogP contribution is -2.56. The van der Waals surface area contributed by atoms with Crippen LogP contribution in [0.25, 0.3) is 0 Å². The van der Waals surface area contributed by atoms with Gasteiger partial charge in [-0.1, -0.05) is 42.5 Å². The van der Waals surface area contributed by atoms with E-state index in [1.54, 1.807) is 7.11 Å². The van der Waals surface area contributed by atoms with E-state index in [1.807, 2.05) is 24.0 Å². The third kappa shape index (κ3) is 5.09. The summed E-state index contributed by atoms with van der Waals surface area (Å²) in [6.07, 6.45) is 0. The first-order valence-electron chi connectivity index (χ1n) is 11.2. The summed E-state index contributed by atoms with van der Waals surface area (Å²) in [5.41, 5.74) is 2.52. The smallest absolute Gasteiger partial charge is 0.239 e. The second-order valence-electron chi connectivity index (χ2n) is 8.27. The zero-order valence-corrected chi connectivity index (χ0v) is 18.6. The van der Waals surface area contributed by atoms with Gasteiger partial charge in [-0.25, -0.2) is 0 Å². The van der Waals surface area contributed by atoms with Crippen molar-refractivity contribution in [1.82, 2.24) is 14.7 Å². The molecule has 2 aromatic rings. The molecule has 1 amide bonds. The van der Waals surface area contributed by atoms with Crippen molar-refractivity contribution < 1.29 is 14.3 Å². The highest BCUT2D eigenvalue weighted by Gasteiger charge is 2.32. The summed E-state index contributed by atoms with van der Waals surface area (Å²) in [6, 6.07) is 19.0. The van der Waals surface area contributed by atoms with Crippen LogP contribution < -0.4 is 4.74 Å². The lowest BCUT2D eigenvalue weighted by atomic mass is 9.96. The first kappa shape index (κ1) is 21.8. The third-order valence-electron chi connectivity index (χ3n) is 6.49. The number of benzene rings is 2. The summed E-state index contributed by atoms with van der Waals surface area (Å²) >= 11 is 0. The SMILES string of the molecule is COc1ccc(C(c2ccccc2)N2CCN(C(=O)C(C)N3CCOCC3)CC2)cc1. The van der Waals surface area contributed by atoms with Crippen molar-refractivity contribution in [3.63, 3.8) is 0 Å². The Labute approximate surface area is 185 Å². The Hall–Kier alpha value is -2.41. The number of morpholine rings is 1. The average Bonchev–Trinajstić information content (AvgIpc) is 2.85. The van der Waals surface area contributed by atoms with E-state index in [4.69, 9.17) is 9.47 Å². The van der Waals surface area contributed by atoms with Gasteiger partial charge in [0.25, 0.3) is 0 Å². The minimum Gasteiger partial charge on any atom is -0.497 e. The molecule has 2 saturated heterocycles. The summed E-state index contributed by atoms with van der Waals surface area (Å²) in [5, 5.41) is 0. The van der Waals surface area contributed by atoms with Gasteiger partial charge in [-0.3, -0.25) is 14.6 Å². The molecule has 4 rings (SSSR count). The monoisotopic (exact) mass is 423 g/mol. The summed E-state index contributed by atoms with van der Waals surface area (Å²) < 4.78 is 10.8. The maximum absolute atomic E-state index is 13.1. The number of ether oxygens (including phenoxy) is 2. The third-order valence-corrected chi connectivity index (χ3v) is 6.49. The van der Waals surface area contributed by atoms with Crippen LogP contribution >= 0.6 is 0 Å². The molecular weight excluding hydrogens is 390 g/mol. The van der Waals surface area contributed by atoms with Gasteiger partial charge in [0, 0.05) is 39.3 Å². The van der Waals surface area contributed by atoms with Crippen molar-refractivity contribution in [2.24, 2.45) is 0 Å². The summed E-state index contributed by atoms with van der Waals surface area (Å²) in [5.74, 6) is 1.10. The van der Waals surface area contributed by atoms with Crippen molar-refractivity contribution in [1.29, 1.82) is 0 Å². The van der Waals surface area contributed by atoms with Crippen LogP contribution in [0, 0.1) is 0 Å². The van der Waals surface area contributed by atoms with E-state index in [2.05, 4.69) is 52.3 Å². The predicted molar refractivity (Wildman–Crippen MR) is 121 cm³/mol. The Balaban J connectivity index is 1.45. The van der Waals surface area contributed by atoms with Crippen molar-refractivity contribution >= 4 is 5.91 Å². The van der Waals surface area contributed by atoms with E-state index in [0.29, 0.717) is 13.2 Å². The van der Waals surface area contributed by atoms with Gasteiger partial charge >= 0.3 is 0 Å². The van der Waals surface area contributed by atoms with Gasteiger partial charge in [0.2, 0.25) is 5.91 Å². The van der Waals surface area contributed by atoms with E-state index in [9.17, 15) is 4.79 Å². The fourth-order valence-corrected chi connectivity index (χ4v) is 4.62. The van der Waals surface area contributed by atoms with E-state index in [0.717, 1.165) is 45.0 Å². The molecule has 6 heteroatoms. The summed E-state index contributed by atoms with van der Waals surface area (Å²) in [7, 11) is 1.69. The number of amides is 1. The molecule has 0 aliphatic carbocycles. The van der Waals surface area contributed by atoms with Crippen LogP contribution in [0.4, 0.5) is 0 Å². The second-order valence-corrected chi connectivity index (χ2v) is 8.27. The second kappa shape index (κ2) is 10.3. The molecule has 2 fully saturated rings. The highest BCUT2D eigenvalue weighted by molar-refractivity contribution is 5.81. The minimum atomic E-state index is -0.0815. The molecular formula is C25H33N3O3. The Kier molecular flexibility index (Phi) is 7.22. The molecule has 0 aromatic heterocycles. The van der Waals surface area contributed by atoms with Crippen LogP contribution in [0.15, 0.2) is 54.6 Å². The molecule has 2 heterocycles. The molecule has 166 valence electrons. The van der Waals surface area contributed by atoms with Gasteiger partial charge in [0.1, 0.15) is 5.75 Å². The largest absolute Gasteiger partial charge is 0.497 e. The standard InChI is InChI=1S/C25H33N3O3/c1-20(26-16-18-31-19-17-26)25(29)28-14-12-27(13-15-28)24(21-6-4-3-5-7-21)22-8-10-23(30-2)11-9-22/h3-11,20,24H,12-19H2,1-2H3. The van der Waals surface area contributed by atoms with Crippen LogP contribution in [-0.4, -0.2) is 86.2 Å². The maximum atomic E-state index is 13.1. The number of nitrogens with zero attached hydrogens (tertiary/aromatic N) is 3. The van der Waals surface area contributed by atoms with Gasteiger partial charge in [-0.05, 0) is 30.2 Å². The molecule has 2 aliphatic heterocycles. The van der Waals surface area contributed by atoms with Crippen LogP contribution in [0.2, 0.25) is 0 Å². The molecule has 31 heavy (non-hydrogen) atoms. The van der Waals surface area contributed by atoms with Gasteiger partial charge < -0.3 is 14.4 Å². The van der Waals surface area contributed by atoms with Gasteiger partial charge in [0.05, 0.1) is 32.4 Å². The Bertz CT molecular complexity index is 829. The Morgan fingerprint density at radius 2 is 1.45 bits per heavy atom. The quantitative estimate of drug-likeness (QED) is 0.715. The number of hydrogen-bond acceptors (Lipinski definition) is 5. The topological polar surface area (TPSA) is 45.2 Å². The molecule has 0 bridgehead atoms. The van der Waals surface area contributed by atoms with Gasteiger partial charge in [0.15, 0.2) is 0 Å². The van der Waals surface area contributed by atoms with E-state index >= 15 is 0 Å². The molecule has 0 N–H and O–H groups in total. The van der Waals surface area contributed by atoms with Crippen molar-refractivity contribution in [3.8, 4) is 5.75 Å². The van der Waals surface area contributed by atoms with E-state index in [1.165, 1.54) is 11.1 Å². The van der Waals surface area contributed by atoms with Gasteiger partial charge in [-0.2, -0.15) is 0 Å². The van der Waals surface area contributed by atoms with E-state index < -0.39 is 0 Å². The number of rotatable bonds is 6. The van der Waals surface area contributed by atoms with Crippen molar-refractivity contribution in [2.75, 3.05) is 59.6 Å². The molecule has 0 saturated carbocycles. The number of hydrogen-bond donors (Lipinski definition) is 0. The first-order chi connectivity index (χ1) is 15.2. The normalized spacial score (nSPS) is 20.3. The molecule has 2 unspecified atom stereocenters. The fourth-order valence-electron chi connectivity index (χ4n) is 4.62. The molecule has 2 atom stereocenters. The number of piperazine rings is 1. The lowest BCUT2D eigenvalue weighted by Gasteiger charge is -2.42. The number of carbonyl (C=O) groups excluding carboxylic acids is 1. The molecule has 0 radical (unpaired) electrons. The molecule has 2 aliphatic rings. The average molecular weight is 424 g/mol. The van der Waals surface area contributed by atoms with Crippen LogP contribution in [0.5, 0.6) is 5.75 Å². The lowest BCUT2D eigenvalue weighted by molar-refractivity contribution is -0.140. The van der Waals surface area contributed by atoms with Crippen LogP contribution in [0.1, 0.15) is 24.1 Å². The Morgan fingerprint density at radius 1 is 0.839 bits per heavy atom.